The topological polar surface area (TPSA) is 55.0 Å². The van der Waals surface area contributed by atoms with Crippen LogP contribution in [0.2, 0.25) is 5.02 Å². The highest BCUT2D eigenvalue weighted by Crippen LogP contribution is 2.38. The molecule has 0 spiro atoms. The third-order valence-electron chi connectivity index (χ3n) is 4.76. The van der Waals surface area contributed by atoms with Gasteiger partial charge in [0.2, 0.25) is 0 Å². The molecule has 0 fully saturated rings. The van der Waals surface area contributed by atoms with Crippen LogP contribution in [0.1, 0.15) is 5.56 Å². The largest absolute Gasteiger partial charge is 0.417 e. The molecule has 0 saturated heterocycles. The number of nitrogens with two attached hydrogens (primary N) is 1. The Morgan fingerprint density at radius 1 is 0.882 bits per heavy atom. The first-order valence-electron chi connectivity index (χ1n) is 9.86. The zero-order valence-corrected chi connectivity index (χ0v) is 19.7. The van der Waals surface area contributed by atoms with E-state index in [9.17, 15) is 13.2 Å². The number of anilines is 2. The van der Waals surface area contributed by atoms with Gasteiger partial charge >= 0.3 is 6.18 Å². The quantitative estimate of drug-likeness (QED) is 0.280. The van der Waals surface area contributed by atoms with Crippen molar-refractivity contribution in [2.45, 2.75) is 16.1 Å². The molecule has 0 aliphatic carbocycles. The summed E-state index contributed by atoms with van der Waals surface area (Å²) >= 11 is 12.2. The van der Waals surface area contributed by atoms with Crippen molar-refractivity contribution in [3.05, 3.63) is 95.5 Å². The average Bonchev–Trinajstić information content (AvgIpc) is 2.81. The number of thiocarbonyl (C=S) groups is 1. The maximum absolute atomic E-state index is 13.3. The Balaban J connectivity index is 1.54. The number of nitrogens with zero attached hydrogens (tertiary/aromatic N) is 3. The zero-order chi connectivity index (χ0) is 24.3. The molecule has 1 heterocycles. The second-order valence-electron chi connectivity index (χ2n) is 7.05. The normalized spacial score (nSPS) is 11.3. The standard InChI is InChI=1S/C24H16ClF3N4S2/c25-20-11-8-17(14-19(20)24(26,27)28)32(23(29)33)16-6-9-18(10-7-16)34-22-13-12-21(30-31-22)15-4-2-1-3-5-15/h1-14H,(H2,29,33). The fourth-order valence-electron chi connectivity index (χ4n) is 3.19. The smallest absolute Gasteiger partial charge is 0.376 e. The molecule has 0 bridgehead atoms. The van der Waals surface area contributed by atoms with Crippen molar-refractivity contribution in [1.82, 2.24) is 10.2 Å². The van der Waals surface area contributed by atoms with Crippen LogP contribution in [0.3, 0.4) is 0 Å². The summed E-state index contributed by atoms with van der Waals surface area (Å²) in [5.74, 6) is 0. The van der Waals surface area contributed by atoms with Gasteiger partial charge in [-0.25, -0.2) is 0 Å². The van der Waals surface area contributed by atoms with Gasteiger partial charge in [-0.3, -0.25) is 4.90 Å². The van der Waals surface area contributed by atoms with Crippen LogP contribution in [0.5, 0.6) is 0 Å². The second-order valence-corrected chi connectivity index (χ2v) is 8.97. The fourth-order valence-corrected chi connectivity index (χ4v) is 4.36. The van der Waals surface area contributed by atoms with Gasteiger partial charge in [0.25, 0.3) is 0 Å². The van der Waals surface area contributed by atoms with Crippen LogP contribution in [-0.2, 0) is 6.18 Å². The summed E-state index contributed by atoms with van der Waals surface area (Å²) in [4.78, 5) is 2.21. The van der Waals surface area contributed by atoms with Crippen molar-refractivity contribution in [3.63, 3.8) is 0 Å². The van der Waals surface area contributed by atoms with Gasteiger partial charge < -0.3 is 5.73 Å². The van der Waals surface area contributed by atoms with Crippen LogP contribution in [0.4, 0.5) is 24.5 Å². The molecule has 0 unspecified atom stereocenters. The Bertz CT molecular complexity index is 1300. The Kier molecular flexibility index (Phi) is 7.06. The zero-order valence-electron chi connectivity index (χ0n) is 17.3. The number of halogens is 4. The molecule has 2 N–H and O–H groups in total. The lowest BCUT2D eigenvalue weighted by atomic mass is 10.1. The lowest BCUT2D eigenvalue weighted by Gasteiger charge is -2.24. The number of benzene rings is 3. The summed E-state index contributed by atoms with van der Waals surface area (Å²) in [6, 6.07) is 24.1. The first kappa shape index (κ1) is 24.0. The molecule has 34 heavy (non-hydrogen) atoms. The van der Waals surface area contributed by atoms with Gasteiger partial charge in [0.1, 0.15) is 5.03 Å². The summed E-state index contributed by atoms with van der Waals surface area (Å²) in [6.07, 6.45) is -4.60. The first-order valence-corrected chi connectivity index (χ1v) is 11.5. The van der Waals surface area contributed by atoms with Crippen LogP contribution in [0, 0.1) is 0 Å². The van der Waals surface area contributed by atoms with Gasteiger partial charge in [-0.05, 0) is 66.8 Å². The van der Waals surface area contributed by atoms with Gasteiger partial charge in [0.05, 0.1) is 16.3 Å². The van der Waals surface area contributed by atoms with Crippen LogP contribution in [0.15, 0.2) is 94.9 Å². The van der Waals surface area contributed by atoms with Gasteiger partial charge in [-0.15, -0.1) is 10.2 Å². The van der Waals surface area contributed by atoms with E-state index >= 15 is 0 Å². The molecule has 172 valence electrons. The lowest BCUT2D eigenvalue weighted by Crippen LogP contribution is -2.31. The molecule has 4 aromatic rings. The molecule has 10 heteroatoms. The molecule has 1 aromatic heterocycles. The molecule has 0 aliphatic heterocycles. The van der Waals surface area contributed by atoms with Crippen LogP contribution in [0.25, 0.3) is 11.3 Å². The van der Waals surface area contributed by atoms with Gasteiger partial charge in [-0.1, -0.05) is 53.7 Å². The first-order chi connectivity index (χ1) is 16.2. The van der Waals surface area contributed by atoms with E-state index in [1.165, 1.54) is 28.8 Å². The van der Waals surface area contributed by atoms with Crippen LogP contribution >= 0.6 is 35.6 Å². The number of hydrogen-bond acceptors (Lipinski definition) is 4. The van der Waals surface area contributed by atoms with E-state index in [2.05, 4.69) is 10.2 Å². The second kappa shape index (κ2) is 10.0. The van der Waals surface area contributed by atoms with Gasteiger partial charge in [0.15, 0.2) is 5.11 Å². The molecule has 0 aliphatic rings. The summed E-state index contributed by atoms with van der Waals surface area (Å²) in [7, 11) is 0. The molecular formula is C24H16ClF3N4S2. The molecule has 0 radical (unpaired) electrons. The van der Waals surface area contributed by atoms with E-state index < -0.39 is 16.8 Å². The predicted octanol–water partition coefficient (Wildman–Crippen LogP) is 7.35. The Morgan fingerprint density at radius 3 is 2.15 bits per heavy atom. The maximum atomic E-state index is 13.3. The van der Waals surface area contributed by atoms with E-state index in [0.29, 0.717) is 10.7 Å². The summed E-state index contributed by atoms with van der Waals surface area (Å²) < 4.78 is 39.9. The van der Waals surface area contributed by atoms with E-state index in [-0.39, 0.29) is 10.8 Å². The van der Waals surface area contributed by atoms with Crippen molar-refractivity contribution in [2.24, 2.45) is 5.73 Å². The van der Waals surface area contributed by atoms with E-state index in [1.807, 2.05) is 42.5 Å². The molecule has 4 nitrogen and oxygen atoms in total. The highest BCUT2D eigenvalue weighted by Gasteiger charge is 2.34. The number of hydrogen-bond donors (Lipinski definition) is 1. The average molecular weight is 517 g/mol. The monoisotopic (exact) mass is 516 g/mol. The molecule has 0 atom stereocenters. The SMILES string of the molecule is NC(=S)N(c1ccc(Sc2ccc(-c3ccccc3)nn2)cc1)c1ccc(Cl)c(C(F)(F)F)c1. The minimum Gasteiger partial charge on any atom is -0.376 e. The highest BCUT2D eigenvalue weighted by molar-refractivity contribution is 7.99. The van der Waals surface area contributed by atoms with Crippen molar-refractivity contribution >= 4 is 52.1 Å². The van der Waals surface area contributed by atoms with Crippen LogP contribution in [-0.4, -0.2) is 15.3 Å². The summed E-state index contributed by atoms with van der Waals surface area (Å²) in [5, 5.41) is 8.74. The lowest BCUT2D eigenvalue weighted by molar-refractivity contribution is -0.137. The molecule has 4 rings (SSSR count). The molecular weight excluding hydrogens is 501 g/mol. The van der Waals surface area contributed by atoms with Gasteiger partial charge in [0, 0.05) is 21.8 Å². The minimum absolute atomic E-state index is 0.0989. The van der Waals surface area contributed by atoms with E-state index in [0.717, 1.165) is 22.2 Å². The fraction of sp³-hybridized carbons (Fsp3) is 0.0417. The Labute approximate surface area is 208 Å². The minimum atomic E-state index is -4.60. The van der Waals surface area contributed by atoms with E-state index in [1.54, 1.807) is 24.3 Å². The number of rotatable bonds is 5. The van der Waals surface area contributed by atoms with Gasteiger partial charge in [-0.2, -0.15) is 13.2 Å². The van der Waals surface area contributed by atoms with E-state index in [4.69, 9.17) is 29.6 Å². The van der Waals surface area contributed by atoms with Crippen LogP contribution < -0.4 is 10.6 Å². The van der Waals surface area contributed by atoms with Crippen molar-refractivity contribution in [1.29, 1.82) is 0 Å². The Hall–Kier alpha value is -3.14. The summed E-state index contributed by atoms with van der Waals surface area (Å²) in [5.41, 5.74) is 7.30. The third kappa shape index (κ3) is 5.49. The molecule has 0 saturated carbocycles. The number of aromatic nitrogens is 2. The molecule has 3 aromatic carbocycles. The maximum Gasteiger partial charge on any atom is 0.417 e. The number of alkyl halides is 3. The summed E-state index contributed by atoms with van der Waals surface area (Å²) in [6.45, 7) is 0. The predicted molar refractivity (Wildman–Crippen MR) is 133 cm³/mol. The third-order valence-corrected chi connectivity index (χ3v) is 6.21. The van der Waals surface area contributed by atoms with Crippen molar-refractivity contribution in [3.8, 4) is 11.3 Å². The van der Waals surface area contributed by atoms with Crippen molar-refractivity contribution < 1.29 is 13.2 Å². The highest BCUT2D eigenvalue weighted by atomic mass is 35.5. The molecule has 0 amide bonds. The van der Waals surface area contributed by atoms with Crippen molar-refractivity contribution in [2.75, 3.05) is 4.90 Å². The Morgan fingerprint density at radius 2 is 1.56 bits per heavy atom.